The predicted octanol–water partition coefficient (Wildman–Crippen LogP) is 2.57. The van der Waals surface area contributed by atoms with Gasteiger partial charge in [-0.25, -0.2) is 14.4 Å². The van der Waals surface area contributed by atoms with Crippen molar-refractivity contribution in [2.75, 3.05) is 0 Å². The van der Waals surface area contributed by atoms with Crippen LogP contribution in [0.15, 0.2) is 40.6 Å². The number of hydrogen-bond donors (Lipinski definition) is 1. The van der Waals surface area contributed by atoms with Crippen molar-refractivity contribution in [3.8, 4) is 0 Å². The van der Waals surface area contributed by atoms with E-state index in [0.717, 1.165) is 5.56 Å². The van der Waals surface area contributed by atoms with E-state index in [1.807, 2.05) is 6.92 Å². The van der Waals surface area contributed by atoms with Gasteiger partial charge in [0.25, 0.3) is 0 Å². The standard InChI is InChI=1S/C12H11FN2OS/c1-8-5-14-12(15-6-8)17-11-4-2-3-10(13)9(11)7-16/h2-6,16H,7H2,1H3. The van der Waals surface area contributed by atoms with Crippen LogP contribution in [0.3, 0.4) is 0 Å². The van der Waals surface area contributed by atoms with Crippen molar-refractivity contribution in [3.05, 3.63) is 47.5 Å². The van der Waals surface area contributed by atoms with E-state index >= 15 is 0 Å². The van der Waals surface area contributed by atoms with Gasteiger partial charge in [-0.05, 0) is 36.4 Å². The van der Waals surface area contributed by atoms with Gasteiger partial charge in [0.15, 0.2) is 5.16 Å². The molecule has 1 aromatic heterocycles. The van der Waals surface area contributed by atoms with Crippen LogP contribution in [0.25, 0.3) is 0 Å². The predicted molar refractivity (Wildman–Crippen MR) is 63.2 cm³/mol. The minimum absolute atomic E-state index is 0.279. The number of benzene rings is 1. The minimum atomic E-state index is -0.412. The summed E-state index contributed by atoms with van der Waals surface area (Å²) in [6.45, 7) is 1.57. The third kappa shape index (κ3) is 2.81. The molecule has 1 heterocycles. The topological polar surface area (TPSA) is 46.0 Å². The minimum Gasteiger partial charge on any atom is -0.392 e. The van der Waals surface area contributed by atoms with Crippen LogP contribution < -0.4 is 0 Å². The fourth-order valence-electron chi connectivity index (χ4n) is 1.32. The molecule has 1 N–H and O–H groups in total. The Morgan fingerprint density at radius 2 is 2.00 bits per heavy atom. The van der Waals surface area contributed by atoms with Crippen molar-refractivity contribution in [2.24, 2.45) is 0 Å². The fourth-order valence-corrected chi connectivity index (χ4v) is 2.16. The van der Waals surface area contributed by atoms with Gasteiger partial charge in [-0.1, -0.05) is 6.07 Å². The fraction of sp³-hybridized carbons (Fsp3) is 0.167. The maximum Gasteiger partial charge on any atom is 0.192 e. The normalized spacial score (nSPS) is 10.5. The highest BCUT2D eigenvalue weighted by atomic mass is 32.2. The molecule has 0 unspecified atom stereocenters. The first-order valence-electron chi connectivity index (χ1n) is 5.05. The number of halogens is 1. The highest BCUT2D eigenvalue weighted by Gasteiger charge is 2.09. The molecule has 0 radical (unpaired) electrons. The molecule has 0 aliphatic heterocycles. The maximum atomic E-state index is 13.4. The Labute approximate surface area is 103 Å². The van der Waals surface area contributed by atoms with Crippen molar-refractivity contribution < 1.29 is 9.50 Å². The first kappa shape index (κ1) is 12.0. The lowest BCUT2D eigenvalue weighted by Crippen LogP contribution is -1.94. The second-order valence-electron chi connectivity index (χ2n) is 3.52. The summed E-state index contributed by atoms with van der Waals surface area (Å²) in [6, 6.07) is 4.67. The average Bonchev–Trinajstić information content (AvgIpc) is 2.32. The molecule has 17 heavy (non-hydrogen) atoms. The number of rotatable bonds is 3. The van der Waals surface area contributed by atoms with Crippen molar-refractivity contribution >= 4 is 11.8 Å². The molecule has 0 bridgehead atoms. The van der Waals surface area contributed by atoms with Crippen LogP contribution in [-0.4, -0.2) is 15.1 Å². The monoisotopic (exact) mass is 250 g/mol. The van der Waals surface area contributed by atoms with Crippen LogP contribution in [0.2, 0.25) is 0 Å². The van der Waals surface area contributed by atoms with Crippen molar-refractivity contribution in [1.82, 2.24) is 9.97 Å². The van der Waals surface area contributed by atoms with Gasteiger partial charge in [0.05, 0.1) is 6.61 Å². The zero-order chi connectivity index (χ0) is 12.3. The van der Waals surface area contributed by atoms with Crippen LogP contribution >= 0.6 is 11.8 Å². The summed E-state index contributed by atoms with van der Waals surface area (Å²) in [6.07, 6.45) is 3.40. The summed E-state index contributed by atoms with van der Waals surface area (Å²) >= 11 is 1.24. The third-order valence-corrected chi connectivity index (χ3v) is 3.19. The van der Waals surface area contributed by atoms with E-state index < -0.39 is 5.82 Å². The van der Waals surface area contributed by atoms with E-state index in [-0.39, 0.29) is 12.2 Å². The maximum absolute atomic E-state index is 13.4. The smallest absolute Gasteiger partial charge is 0.192 e. The Morgan fingerprint density at radius 1 is 1.29 bits per heavy atom. The third-order valence-electron chi connectivity index (χ3n) is 2.19. The lowest BCUT2D eigenvalue weighted by molar-refractivity contribution is 0.272. The first-order valence-corrected chi connectivity index (χ1v) is 5.87. The van der Waals surface area contributed by atoms with E-state index in [1.54, 1.807) is 24.5 Å². The molecule has 3 nitrogen and oxygen atoms in total. The van der Waals surface area contributed by atoms with Crippen LogP contribution in [0.5, 0.6) is 0 Å². The van der Waals surface area contributed by atoms with E-state index in [0.29, 0.717) is 10.1 Å². The van der Waals surface area contributed by atoms with E-state index in [4.69, 9.17) is 5.11 Å². The van der Waals surface area contributed by atoms with Gasteiger partial charge in [-0.15, -0.1) is 0 Å². The van der Waals surface area contributed by atoms with Gasteiger partial charge in [-0.2, -0.15) is 0 Å². The second-order valence-corrected chi connectivity index (χ2v) is 4.53. The molecule has 5 heteroatoms. The first-order chi connectivity index (χ1) is 8.20. The zero-order valence-electron chi connectivity index (χ0n) is 9.22. The van der Waals surface area contributed by atoms with Gasteiger partial charge in [0, 0.05) is 22.9 Å². The molecule has 88 valence electrons. The van der Waals surface area contributed by atoms with Gasteiger partial charge >= 0.3 is 0 Å². The largest absolute Gasteiger partial charge is 0.392 e. The Hall–Kier alpha value is -1.46. The molecular formula is C12H11FN2OS. The molecule has 0 fully saturated rings. The Morgan fingerprint density at radius 3 is 2.65 bits per heavy atom. The van der Waals surface area contributed by atoms with Crippen molar-refractivity contribution in [3.63, 3.8) is 0 Å². The van der Waals surface area contributed by atoms with Crippen molar-refractivity contribution in [1.29, 1.82) is 0 Å². The second kappa shape index (κ2) is 5.25. The molecular weight excluding hydrogens is 239 g/mol. The lowest BCUT2D eigenvalue weighted by atomic mass is 10.2. The Bertz CT molecular complexity index is 516. The number of aromatic nitrogens is 2. The molecule has 0 aliphatic carbocycles. The number of aliphatic hydroxyl groups excluding tert-OH is 1. The molecule has 0 amide bonds. The van der Waals surface area contributed by atoms with Gasteiger partial charge in [0.2, 0.25) is 0 Å². The van der Waals surface area contributed by atoms with Gasteiger partial charge in [-0.3, -0.25) is 0 Å². The molecule has 2 aromatic rings. The van der Waals surface area contributed by atoms with Crippen LogP contribution in [0, 0.1) is 12.7 Å². The molecule has 0 aliphatic rings. The molecule has 0 spiro atoms. The highest BCUT2D eigenvalue weighted by molar-refractivity contribution is 7.99. The SMILES string of the molecule is Cc1cnc(Sc2cccc(F)c2CO)nc1. The average molecular weight is 250 g/mol. The summed E-state index contributed by atoms with van der Waals surface area (Å²) in [7, 11) is 0. The van der Waals surface area contributed by atoms with Crippen LogP contribution in [-0.2, 0) is 6.61 Å². The van der Waals surface area contributed by atoms with E-state index in [9.17, 15) is 4.39 Å². The zero-order valence-corrected chi connectivity index (χ0v) is 10.0. The summed E-state index contributed by atoms with van der Waals surface area (Å²) in [5.41, 5.74) is 1.25. The van der Waals surface area contributed by atoms with Crippen molar-refractivity contribution in [2.45, 2.75) is 23.6 Å². The van der Waals surface area contributed by atoms with Gasteiger partial charge < -0.3 is 5.11 Å². The Balaban J connectivity index is 2.29. The molecule has 1 aromatic carbocycles. The Kier molecular flexibility index (Phi) is 3.71. The molecule has 0 saturated carbocycles. The van der Waals surface area contributed by atoms with Gasteiger partial charge in [0.1, 0.15) is 5.82 Å². The number of aryl methyl sites for hydroxylation is 1. The van der Waals surface area contributed by atoms with E-state index in [1.165, 1.54) is 17.8 Å². The quantitative estimate of drug-likeness (QED) is 0.850. The number of aliphatic hydroxyl groups is 1. The van der Waals surface area contributed by atoms with Crippen LogP contribution in [0.1, 0.15) is 11.1 Å². The lowest BCUT2D eigenvalue weighted by Gasteiger charge is -2.06. The van der Waals surface area contributed by atoms with Crippen LogP contribution in [0.4, 0.5) is 4.39 Å². The molecule has 0 atom stereocenters. The summed E-state index contributed by atoms with van der Waals surface area (Å²) in [5.74, 6) is -0.412. The molecule has 0 saturated heterocycles. The highest BCUT2D eigenvalue weighted by Crippen LogP contribution is 2.29. The number of hydrogen-bond acceptors (Lipinski definition) is 4. The molecule has 2 rings (SSSR count). The summed E-state index contributed by atoms with van der Waals surface area (Å²) < 4.78 is 13.4. The summed E-state index contributed by atoms with van der Waals surface area (Å²) in [4.78, 5) is 8.89. The summed E-state index contributed by atoms with van der Waals surface area (Å²) in [5, 5.41) is 9.67. The number of nitrogens with zero attached hydrogens (tertiary/aromatic N) is 2. The van der Waals surface area contributed by atoms with E-state index in [2.05, 4.69) is 9.97 Å².